The van der Waals surface area contributed by atoms with Crippen LogP contribution in [0, 0.1) is 17.7 Å². The molecule has 5 rings (SSSR count). The van der Waals surface area contributed by atoms with E-state index in [0.29, 0.717) is 12.2 Å². The van der Waals surface area contributed by atoms with Crippen LogP contribution in [0.25, 0.3) is 11.1 Å². The number of nitrogens with zero attached hydrogens (tertiary/aromatic N) is 1. The third-order valence-corrected chi connectivity index (χ3v) is 7.69. The molecule has 0 aromatic heterocycles. The van der Waals surface area contributed by atoms with Crippen LogP contribution < -0.4 is 9.62 Å². The predicted molar refractivity (Wildman–Crippen MR) is 164 cm³/mol. The van der Waals surface area contributed by atoms with Crippen LogP contribution >= 0.6 is 11.9 Å². The van der Waals surface area contributed by atoms with Crippen molar-refractivity contribution in [2.24, 2.45) is 0 Å². The van der Waals surface area contributed by atoms with Gasteiger partial charge in [0, 0.05) is 21.7 Å². The van der Waals surface area contributed by atoms with Crippen molar-refractivity contribution in [3.63, 3.8) is 0 Å². The number of carboxylic acid groups (broad SMARTS) is 1. The Bertz CT molecular complexity index is 1440. The normalized spacial score (nSPS) is 15.0. The number of para-hydroxylation sites is 1. The third kappa shape index (κ3) is 7.44. The molecule has 206 valence electrons. The van der Waals surface area contributed by atoms with Crippen molar-refractivity contribution in [2.45, 2.75) is 57.3 Å². The monoisotopic (exact) mass is 554 g/mol. The van der Waals surface area contributed by atoms with Crippen LogP contribution in [0.4, 0.5) is 15.8 Å². The number of rotatable bonds is 4. The summed E-state index contributed by atoms with van der Waals surface area (Å²) >= 11 is 1.50. The number of nitrogens with one attached hydrogen (secondary N) is 1. The Morgan fingerprint density at radius 3 is 2.33 bits per heavy atom. The van der Waals surface area contributed by atoms with Crippen molar-refractivity contribution in [1.29, 1.82) is 0 Å². The maximum Gasteiger partial charge on any atom is 0.338 e. The number of carbonyl (C=O) groups is 1. The van der Waals surface area contributed by atoms with Gasteiger partial charge in [0.1, 0.15) is 5.82 Å². The molecule has 0 unspecified atom stereocenters. The Balaban J connectivity index is 0.000000546. The summed E-state index contributed by atoms with van der Waals surface area (Å²) in [6, 6.07) is 18.2. The molecule has 0 bridgehead atoms. The first-order valence-corrected chi connectivity index (χ1v) is 14.6. The molecule has 1 saturated carbocycles. The molecule has 1 heterocycles. The minimum absolute atomic E-state index is 0.367. The van der Waals surface area contributed by atoms with Crippen LogP contribution in [-0.2, 0) is 0 Å². The van der Waals surface area contributed by atoms with Crippen molar-refractivity contribution in [3.05, 3.63) is 101 Å². The summed E-state index contributed by atoms with van der Waals surface area (Å²) in [6.45, 7) is 4.48. The molecule has 3 aromatic rings. The second-order valence-electron chi connectivity index (χ2n) is 9.65. The largest absolute Gasteiger partial charge is 0.478 e. The average Bonchev–Trinajstić information content (AvgIpc) is 3.00. The molecule has 1 aliphatic carbocycles. The highest BCUT2D eigenvalue weighted by molar-refractivity contribution is 7.97. The van der Waals surface area contributed by atoms with Crippen LogP contribution in [0.1, 0.15) is 68.3 Å². The number of allylic oxidation sites excluding steroid dienone is 4. The molecule has 0 amide bonds. The molecular weight excluding hydrogens is 519 g/mol. The van der Waals surface area contributed by atoms with Crippen molar-refractivity contribution < 1.29 is 14.3 Å². The van der Waals surface area contributed by atoms with Crippen molar-refractivity contribution in [2.75, 3.05) is 11.6 Å². The van der Waals surface area contributed by atoms with E-state index >= 15 is 0 Å². The maximum absolute atomic E-state index is 14.1. The molecule has 2 aliphatic rings. The first kappa shape index (κ1) is 29.2. The van der Waals surface area contributed by atoms with Gasteiger partial charge in [-0.3, -0.25) is 0 Å². The van der Waals surface area contributed by atoms with Crippen LogP contribution in [0.2, 0.25) is 0 Å². The quantitative estimate of drug-likeness (QED) is 0.191. The summed E-state index contributed by atoms with van der Waals surface area (Å²) in [7, 11) is 0. The predicted octanol–water partition coefficient (Wildman–Crippen LogP) is 9.11. The van der Waals surface area contributed by atoms with Crippen molar-refractivity contribution in [3.8, 4) is 23.0 Å². The van der Waals surface area contributed by atoms with Crippen LogP contribution in [0.15, 0.2) is 89.4 Å². The van der Waals surface area contributed by atoms with Gasteiger partial charge in [-0.05, 0) is 73.3 Å². The minimum atomic E-state index is -1.31. The fraction of sp³-hybridized carbons (Fsp3) is 0.265. The van der Waals surface area contributed by atoms with Gasteiger partial charge in [-0.15, -0.1) is 0 Å². The standard InChI is InChI=1S/C28H23FN2O2S.C6H12/c1-3-8-19(4-2)11-12-21-16-26-27(34-30-18-31(26)22-9-6-5-7-10-22)17-23(21)20-13-14-25(29)24(15-20)28(32)33;1-2-4-6-5-3-1/h3-10,13-17,30H,18H2,1-2H3,(H,32,33);1-6H2/b8-3-,19-4+;. The van der Waals surface area contributed by atoms with Gasteiger partial charge in [0.15, 0.2) is 0 Å². The van der Waals surface area contributed by atoms with E-state index < -0.39 is 11.8 Å². The van der Waals surface area contributed by atoms with E-state index in [4.69, 9.17) is 0 Å². The van der Waals surface area contributed by atoms with Crippen molar-refractivity contribution in [1.82, 2.24) is 4.72 Å². The Morgan fingerprint density at radius 2 is 1.70 bits per heavy atom. The van der Waals surface area contributed by atoms with E-state index in [0.717, 1.165) is 33.0 Å². The van der Waals surface area contributed by atoms with Gasteiger partial charge in [-0.1, -0.05) is 92.9 Å². The number of carboxylic acids is 1. The number of halogens is 1. The fourth-order valence-corrected chi connectivity index (χ4v) is 5.55. The van der Waals surface area contributed by atoms with Gasteiger partial charge in [-0.2, -0.15) is 0 Å². The number of anilines is 2. The molecule has 1 aliphatic heterocycles. The molecular formula is C34H35FN2O2S. The smallest absolute Gasteiger partial charge is 0.338 e. The lowest BCUT2D eigenvalue weighted by molar-refractivity contribution is 0.0692. The van der Waals surface area contributed by atoms with Crippen LogP contribution in [0.3, 0.4) is 0 Å². The SMILES string of the molecule is C/C=C\C(C#Cc1cc2c(cc1-c1ccc(F)c(C(=O)O)c1)SNCN2c1ccccc1)=C/C.C1CCCCC1. The summed E-state index contributed by atoms with van der Waals surface area (Å²) in [5.41, 5.74) is 4.61. The fourth-order valence-electron chi connectivity index (χ4n) is 4.75. The maximum atomic E-state index is 14.1. The summed E-state index contributed by atoms with van der Waals surface area (Å²) in [5.74, 6) is 4.39. The highest BCUT2D eigenvalue weighted by Gasteiger charge is 2.22. The van der Waals surface area contributed by atoms with E-state index in [9.17, 15) is 14.3 Å². The molecule has 0 spiro atoms. The zero-order chi connectivity index (χ0) is 28.3. The molecule has 0 radical (unpaired) electrons. The van der Waals surface area contributed by atoms with Gasteiger partial charge in [0.2, 0.25) is 0 Å². The molecule has 4 nitrogen and oxygen atoms in total. The number of aromatic carboxylic acids is 1. The van der Waals surface area contributed by atoms with E-state index in [-0.39, 0.29) is 5.56 Å². The lowest BCUT2D eigenvalue weighted by Crippen LogP contribution is -2.30. The Hall–Kier alpha value is -3.79. The highest BCUT2D eigenvalue weighted by atomic mass is 32.2. The second kappa shape index (κ2) is 14.6. The van der Waals surface area contributed by atoms with Gasteiger partial charge in [0.05, 0.1) is 17.9 Å². The first-order chi connectivity index (χ1) is 19.5. The number of hydrogen-bond acceptors (Lipinski definition) is 4. The van der Waals surface area contributed by atoms with Crippen LogP contribution in [-0.4, -0.2) is 17.7 Å². The third-order valence-electron chi connectivity index (χ3n) is 6.87. The zero-order valence-electron chi connectivity index (χ0n) is 23.0. The van der Waals surface area contributed by atoms with Gasteiger partial charge < -0.3 is 10.0 Å². The summed E-state index contributed by atoms with van der Waals surface area (Å²) in [5, 5.41) is 9.42. The Morgan fingerprint density at radius 1 is 1.00 bits per heavy atom. The molecule has 3 aromatic carbocycles. The lowest BCUT2D eigenvalue weighted by atomic mass is 9.96. The van der Waals surface area contributed by atoms with E-state index in [1.807, 2.05) is 74.5 Å². The first-order valence-electron chi connectivity index (χ1n) is 13.8. The van der Waals surface area contributed by atoms with E-state index in [2.05, 4.69) is 21.5 Å². The number of hydrogen-bond donors (Lipinski definition) is 2. The molecule has 0 saturated heterocycles. The average molecular weight is 555 g/mol. The summed E-state index contributed by atoms with van der Waals surface area (Å²) < 4.78 is 17.4. The minimum Gasteiger partial charge on any atom is -0.478 e. The molecule has 1 fully saturated rings. The molecule has 0 atom stereocenters. The van der Waals surface area contributed by atoms with E-state index in [1.165, 1.54) is 62.6 Å². The summed E-state index contributed by atoms with van der Waals surface area (Å²) in [6.07, 6.45) is 14.8. The van der Waals surface area contributed by atoms with Crippen molar-refractivity contribution >= 4 is 29.3 Å². The van der Waals surface area contributed by atoms with E-state index in [1.54, 1.807) is 6.07 Å². The topological polar surface area (TPSA) is 52.6 Å². The van der Waals surface area contributed by atoms with Gasteiger partial charge >= 0.3 is 5.97 Å². The highest BCUT2D eigenvalue weighted by Crippen LogP contribution is 2.41. The summed E-state index contributed by atoms with van der Waals surface area (Å²) in [4.78, 5) is 14.7. The second-order valence-corrected chi connectivity index (χ2v) is 10.6. The Labute approximate surface area is 241 Å². The zero-order valence-corrected chi connectivity index (χ0v) is 23.9. The van der Waals surface area contributed by atoms with Gasteiger partial charge in [-0.25, -0.2) is 13.9 Å². The number of benzene rings is 3. The Kier molecular flexibility index (Phi) is 10.6. The lowest BCUT2D eigenvalue weighted by Gasteiger charge is -2.32. The molecule has 6 heteroatoms. The molecule has 2 N–H and O–H groups in total. The van der Waals surface area contributed by atoms with Crippen LogP contribution in [0.5, 0.6) is 0 Å². The molecule has 40 heavy (non-hydrogen) atoms. The number of fused-ring (bicyclic) bond motifs is 1. The van der Waals surface area contributed by atoms with Gasteiger partial charge in [0.25, 0.3) is 0 Å².